The lowest BCUT2D eigenvalue weighted by atomic mass is 10.2. The van der Waals surface area contributed by atoms with Crippen molar-refractivity contribution in [2.24, 2.45) is 0 Å². The van der Waals surface area contributed by atoms with Crippen LogP contribution in [0.3, 0.4) is 0 Å². The molecule has 34 heavy (non-hydrogen) atoms. The number of thioether (sulfide) groups is 1. The molecule has 0 saturated carbocycles. The summed E-state index contributed by atoms with van der Waals surface area (Å²) < 4.78 is 54.9. The van der Waals surface area contributed by atoms with Gasteiger partial charge in [-0.25, -0.2) is 4.39 Å². The summed E-state index contributed by atoms with van der Waals surface area (Å²) in [5.74, 6) is -0.0993. The summed E-state index contributed by atoms with van der Waals surface area (Å²) in [5, 5.41) is 11.4. The number of aromatic nitrogens is 3. The third kappa shape index (κ3) is 5.95. The van der Waals surface area contributed by atoms with Gasteiger partial charge in [-0.05, 0) is 62.3 Å². The van der Waals surface area contributed by atoms with Crippen LogP contribution in [0.15, 0.2) is 53.7 Å². The van der Waals surface area contributed by atoms with E-state index >= 15 is 0 Å². The maximum atomic E-state index is 13.4. The second kappa shape index (κ2) is 10.6. The monoisotopic (exact) mass is 493 g/mol. The van der Waals surface area contributed by atoms with Gasteiger partial charge in [-0.3, -0.25) is 9.36 Å². The zero-order chi connectivity index (χ0) is 24.1. The normalized spacial score (nSPS) is 14.5. The van der Waals surface area contributed by atoms with Crippen LogP contribution >= 0.6 is 11.8 Å². The van der Waals surface area contributed by atoms with Crippen LogP contribution in [-0.4, -0.2) is 51.0 Å². The average Bonchev–Trinajstić information content (AvgIpc) is 3.47. The third-order valence-corrected chi connectivity index (χ3v) is 6.37. The maximum absolute atomic E-state index is 13.4. The number of hydrogen-bond acceptors (Lipinski definition) is 5. The Morgan fingerprint density at radius 1 is 1.06 bits per heavy atom. The first-order chi connectivity index (χ1) is 16.3. The summed E-state index contributed by atoms with van der Waals surface area (Å²) in [4.78, 5) is 14.8. The number of nitrogens with zero attached hydrogens (tertiary/aromatic N) is 4. The van der Waals surface area contributed by atoms with E-state index in [1.54, 1.807) is 6.07 Å². The van der Waals surface area contributed by atoms with Gasteiger partial charge in [0, 0.05) is 17.9 Å². The van der Waals surface area contributed by atoms with Crippen molar-refractivity contribution in [2.75, 3.05) is 25.4 Å². The van der Waals surface area contributed by atoms with Crippen LogP contribution in [0, 0.1) is 5.82 Å². The van der Waals surface area contributed by atoms with E-state index in [0.717, 1.165) is 37.8 Å². The van der Waals surface area contributed by atoms with Gasteiger partial charge in [0.2, 0.25) is 0 Å². The largest absolute Gasteiger partial charge is 0.416 e. The fourth-order valence-corrected chi connectivity index (χ4v) is 4.72. The Labute approximate surface area is 198 Å². The highest BCUT2D eigenvalue weighted by atomic mass is 32.2. The summed E-state index contributed by atoms with van der Waals surface area (Å²) in [5.41, 5.74) is -0.412. The van der Waals surface area contributed by atoms with E-state index in [1.807, 2.05) is 0 Å². The smallest absolute Gasteiger partial charge is 0.345 e. The van der Waals surface area contributed by atoms with Crippen molar-refractivity contribution >= 4 is 17.7 Å². The zero-order valence-electron chi connectivity index (χ0n) is 18.2. The van der Waals surface area contributed by atoms with Crippen molar-refractivity contribution in [1.82, 2.24) is 25.0 Å². The van der Waals surface area contributed by atoms with Crippen molar-refractivity contribution in [3.63, 3.8) is 0 Å². The van der Waals surface area contributed by atoms with Crippen molar-refractivity contribution in [3.8, 4) is 5.69 Å². The number of carbonyl (C=O) groups excluding carboxylic acids is 1. The number of halogens is 4. The molecule has 0 bridgehead atoms. The molecule has 1 aliphatic heterocycles. The van der Waals surface area contributed by atoms with Gasteiger partial charge in [0.1, 0.15) is 5.82 Å². The van der Waals surface area contributed by atoms with Crippen LogP contribution in [0.2, 0.25) is 0 Å². The number of nitrogens with one attached hydrogen (secondary N) is 1. The van der Waals surface area contributed by atoms with Gasteiger partial charge < -0.3 is 10.2 Å². The molecule has 0 radical (unpaired) electrons. The highest BCUT2D eigenvalue weighted by Gasteiger charge is 2.31. The van der Waals surface area contributed by atoms with E-state index < -0.39 is 23.5 Å². The van der Waals surface area contributed by atoms with Crippen LogP contribution in [-0.2, 0) is 12.7 Å². The molecule has 1 aromatic heterocycles. The van der Waals surface area contributed by atoms with E-state index in [-0.39, 0.29) is 23.6 Å². The molecular weight excluding hydrogens is 470 g/mol. The molecule has 0 atom stereocenters. The molecular formula is C23H23F4N5OS. The predicted octanol–water partition coefficient (Wildman–Crippen LogP) is 4.54. The van der Waals surface area contributed by atoms with Gasteiger partial charge in [-0.1, -0.05) is 23.9 Å². The lowest BCUT2D eigenvalue weighted by molar-refractivity contribution is -0.137. The number of benzene rings is 2. The molecule has 1 fully saturated rings. The Kier molecular flexibility index (Phi) is 7.52. The van der Waals surface area contributed by atoms with Crippen LogP contribution in [0.1, 0.15) is 34.6 Å². The standard InChI is InChI=1S/C23H23F4N5OS/c24-18-7-3-5-16(13-18)21(33)28-15-20-29-30-22(34-12-11-31-9-1-2-10-31)32(20)19-8-4-6-17(14-19)23(25,26)27/h3-8,13-14H,1-2,9-12,15H2,(H,28,33). The highest BCUT2D eigenvalue weighted by molar-refractivity contribution is 7.99. The minimum absolute atomic E-state index is 0.0920. The third-order valence-electron chi connectivity index (χ3n) is 5.46. The Balaban J connectivity index is 1.56. The Morgan fingerprint density at radius 3 is 2.56 bits per heavy atom. The van der Waals surface area contributed by atoms with Crippen LogP contribution in [0.4, 0.5) is 17.6 Å². The summed E-state index contributed by atoms with van der Waals surface area (Å²) in [6.45, 7) is 2.83. The SMILES string of the molecule is O=C(NCc1nnc(SCCN2CCCC2)n1-c1cccc(C(F)(F)F)c1)c1cccc(F)c1. The molecule has 1 N–H and O–H groups in total. The van der Waals surface area contributed by atoms with Crippen LogP contribution < -0.4 is 5.32 Å². The Hall–Kier alpha value is -2.92. The fraction of sp³-hybridized carbons (Fsp3) is 0.348. The van der Waals surface area contributed by atoms with Gasteiger partial charge >= 0.3 is 6.18 Å². The number of carbonyl (C=O) groups is 1. The van der Waals surface area contributed by atoms with Gasteiger partial charge in [0.25, 0.3) is 5.91 Å². The van der Waals surface area contributed by atoms with Crippen molar-refractivity contribution in [2.45, 2.75) is 30.7 Å². The van der Waals surface area contributed by atoms with Crippen LogP contribution in [0.25, 0.3) is 5.69 Å². The van der Waals surface area contributed by atoms with E-state index in [1.165, 1.54) is 53.4 Å². The molecule has 1 saturated heterocycles. The molecule has 2 aromatic carbocycles. The quantitative estimate of drug-likeness (QED) is 0.369. The second-order valence-corrected chi connectivity index (χ2v) is 8.93. The molecule has 4 rings (SSSR count). The minimum Gasteiger partial charge on any atom is -0.345 e. The van der Waals surface area contributed by atoms with E-state index in [2.05, 4.69) is 20.4 Å². The molecule has 0 aliphatic carbocycles. The number of alkyl halides is 3. The first kappa shape index (κ1) is 24.2. The van der Waals surface area contributed by atoms with Crippen molar-refractivity contribution < 1.29 is 22.4 Å². The molecule has 180 valence electrons. The first-order valence-corrected chi connectivity index (χ1v) is 11.8. The molecule has 1 amide bonds. The Morgan fingerprint density at radius 2 is 1.82 bits per heavy atom. The molecule has 2 heterocycles. The number of likely N-dealkylation sites (tertiary alicyclic amines) is 1. The first-order valence-electron chi connectivity index (χ1n) is 10.8. The maximum Gasteiger partial charge on any atom is 0.416 e. The lowest BCUT2D eigenvalue weighted by Gasteiger charge is -2.15. The molecule has 0 unspecified atom stereocenters. The van der Waals surface area contributed by atoms with E-state index in [9.17, 15) is 22.4 Å². The van der Waals surface area contributed by atoms with Gasteiger partial charge in [-0.2, -0.15) is 13.2 Å². The van der Waals surface area contributed by atoms with Crippen molar-refractivity contribution in [3.05, 3.63) is 71.3 Å². The lowest BCUT2D eigenvalue weighted by Crippen LogP contribution is -2.25. The fourth-order valence-electron chi connectivity index (χ4n) is 3.75. The Bertz CT molecular complexity index is 1140. The number of rotatable bonds is 8. The topological polar surface area (TPSA) is 63.1 Å². The second-order valence-electron chi connectivity index (χ2n) is 7.87. The summed E-state index contributed by atoms with van der Waals surface area (Å²) in [6.07, 6.45) is -2.17. The molecule has 11 heteroatoms. The van der Waals surface area contributed by atoms with Gasteiger partial charge in [-0.15, -0.1) is 10.2 Å². The summed E-state index contributed by atoms with van der Waals surface area (Å²) >= 11 is 1.40. The van der Waals surface area contributed by atoms with E-state index in [0.29, 0.717) is 10.9 Å². The number of amides is 1. The minimum atomic E-state index is -4.50. The zero-order valence-corrected chi connectivity index (χ0v) is 19.0. The predicted molar refractivity (Wildman–Crippen MR) is 120 cm³/mol. The van der Waals surface area contributed by atoms with Crippen molar-refractivity contribution in [1.29, 1.82) is 0 Å². The molecule has 3 aromatic rings. The summed E-state index contributed by atoms with van der Waals surface area (Å²) in [6, 6.07) is 10.1. The van der Waals surface area contributed by atoms with Gasteiger partial charge in [0.05, 0.1) is 17.8 Å². The van der Waals surface area contributed by atoms with Gasteiger partial charge in [0.15, 0.2) is 11.0 Å². The number of hydrogen-bond donors (Lipinski definition) is 1. The van der Waals surface area contributed by atoms with Crippen LogP contribution in [0.5, 0.6) is 0 Å². The molecule has 1 aliphatic rings. The molecule has 0 spiro atoms. The summed E-state index contributed by atoms with van der Waals surface area (Å²) in [7, 11) is 0. The highest BCUT2D eigenvalue weighted by Crippen LogP contribution is 2.31. The average molecular weight is 494 g/mol. The van der Waals surface area contributed by atoms with E-state index in [4.69, 9.17) is 0 Å². The molecule has 6 nitrogen and oxygen atoms in total.